The normalized spacial score (nSPS) is 10.8. The Hall–Kier alpha value is -9.00. The number of nitriles is 4. The summed E-state index contributed by atoms with van der Waals surface area (Å²) in [4.78, 5) is 33.5. The van der Waals surface area contributed by atoms with Crippen LogP contribution in [0.15, 0.2) is 109 Å². The first kappa shape index (κ1) is 54.9. The molecular weight excluding hydrogens is 929 g/mol. The molecule has 0 aliphatic rings. The standard InChI is InChI=1S/C28H28N4O5.C28H28N4O4/c1-19-26(36-18-22-7-5-6-21(12-22)14-30)25(17-33)23(16-32(19)35)15-31(27(34)37-28(2,3)4)24-10-8-20(13-29)9-11-24;1-19-26(35-18-22-7-5-6-21(12-22)14-30)25(17-33)23(15-31-19)16-32(27(34)36-28(2,3)4)24-10-8-20(13-29)9-11-24/h5-12,16,33H,15,17-18H2,1-4H3;5-12,15,33H,16-18H2,1-4H3. The highest BCUT2D eigenvalue weighted by Crippen LogP contribution is 2.32. The van der Waals surface area contributed by atoms with Crippen molar-refractivity contribution in [3.63, 3.8) is 0 Å². The number of pyridine rings is 2. The highest BCUT2D eigenvalue weighted by molar-refractivity contribution is 5.88. The smallest absolute Gasteiger partial charge is 0.415 e. The molecule has 0 fully saturated rings. The molecule has 17 nitrogen and oxygen atoms in total. The summed E-state index contributed by atoms with van der Waals surface area (Å²) in [6.07, 6.45) is 1.67. The van der Waals surface area contributed by atoms with Gasteiger partial charge in [-0.1, -0.05) is 24.3 Å². The zero-order chi connectivity index (χ0) is 53.5. The Labute approximate surface area is 425 Å². The second kappa shape index (κ2) is 24.7. The second-order valence-corrected chi connectivity index (χ2v) is 18.5. The molecule has 17 heteroatoms. The van der Waals surface area contributed by atoms with Gasteiger partial charge in [0.1, 0.15) is 30.2 Å². The third-order valence-corrected chi connectivity index (χ3v) is 10.7. The monoisotopic (exact) mass is 984 g/mol. The molecule has 0 aliphatic carbocycles. The van der Waals surface area contributed by atoms with Crippen LogP contribution in [0.5, 0.6) is 11.5 Å². The summed E-state index contributed by atoms with van der Waals surface area (Å²) in [5, 5.41) is 69.9. The van der Waals surface area contributed by atoms with Crippen LogP contribution in [0.4, 0.5) is 21.0 Å². The number of hydrogen-bond donors (Lipinski definition) is 2. The molecule has 0 aliphatic heterocycles. The average molecular weight is 985 g/mol. The van der Waals surface area contributed by atoms with E-state index in [0.29, 0.717) is 72.1 Å². The van der Waals surface area contributed by atoms with E-state index in [1.807, 2.05) is 12.1 Å². The van der Waals surface area contributed by atoms with Crippen molar-refractivity contribution < 1.29 is 43.5 Å². The average Bonchev–Trinajstić information content (AvgIpc) is 3.36. The Kier molecular flexibility index (Phi) is 18.6. The number of aliphatic hydroxyl groups excluding tert-OH is 2. The number of aryl methyl sites for hydroxylation is 1. The van der Waals surface area contributed by atoms with Crippen molar-refractivity contribution in [3.8, 4) is 35.8 Å². The summed E-state index contributed by atoms with van der Waals surface area (Å²) in [6.45, 7) is 13.3. The van der Waals surface area contributed by atoms with Gasteiger partial charge < -0.3 is 34.4 Å². The zero-order valence-electron chi connectivity index (χ0n) is 42.0. The number of ether oxygens (including phenoxy) is 4. The summed E-state index contributed by atoms with van der Waals surface area (Å²) in [5.41, 5.74) is 5.51. The summed E-state index contributed by atoms with van der Waals surface area (Å²) in [7, 11) is 0. The number of amides is 2. The molecule has 0 saturated heterocycles. The lowest BCUT2D eigenvalue weighted by atomic mass is 10.1. The highest BCUT2D eigenvalue weighted by Gasteiger charge is 2.29. The molecule has 73 heavy (non-hydrogen) atoms. The number of anilines is 2. The highest BCUT2D eigenvalue weighted by atomic mass is 16.6. The van der Waals surface area contributed by atoms with Crippen LogP contribution in [-0.2, 0) is 49.0 Å². The van der Waals surface area contributed by atoms with E-state index in [0.717, 1.165) is 11.1 Å². The van der Waals surface area contributed by atoms with Crippen LogP contribution in [-0.4, -0.2) is 38.6 Å². The van der Waals surface area contributed by atoms with Crippen LogP contribution in [0.3, 0.4) is 0 Å². The maximum atomic E-state index is 13.2. The minimum absolute atomic E-state index is 0.0598. The Bertz CT molecular complexity index is 3100. The van der Waals surface area contributed by atoms with Crippen LogP contribution in [0.2, 0.25) is 0 Å². The molecule has 0 spiro atoms. The largest absolute Gasteiger partial charge is 0.618 e. The van der Waals surface area contributed by atoms with E-state index < -0.39 is 30.0 Å². The first-order chi connectivity index (χ1) is 34.7. The number of benzene rings is 4. The predicted molar refractivity (Wildman–Crippen MR) is 269 cm³/mol. The Morgan fingerprint density at radius 1 is 0.616 bits per heavy atom. The van der Waals surface area contributed by atoms with Crippen LogP contribution in [0, 0.1) is 64.4 Å². The fourth-order valence-electron chi connectivity index (χ4n) is 7.16. The molecule has 0 saturated carbocycles. The molecule has 0 bridgehead atoms. The van der Waals surface area contributed by atoms with Crippen molar-refractivity contribution >= 4 is 23.6 Å². The van der Waals surface area contributed by atoms with Crippen molar-refractivity contribution in [2.75, 3.05) is 9.80 Å². The number of carbonyl (C=O) groups excluding carboxylic acids is 2. The quantitative estimate of drug-likeness (QED) is 0.0761. The molecule has 6 aromatic rings. The van der Waals surface area contributed by atoms with Crippen molar-refractivity contribution in [1.82, 2.24) is 4.98 Å². The SMILES string of the molecule is Cc1c(OCc2cccc(C#N)c2)c(CO)c(CN(C(=O)OC(C)(C)C)c2ccc(C#N)cc2)c[n+]1[O-].Cc1ncc(CN(C(=O)OC(C)(C)C)c2ccc(C#N)cc2)c(CO)c1OCc1cccc(C#N)c1. The number of aromatic nitrogens is 2. The van der Waals surface area contributed by atoms with Gasteiger partial charge in [0.2, 0.25) is 5.69 Å². The van der Waals surface area contributed by atoms with Crippen LogP contribution in [0.1, 0.15) is 109 Å². The van der Waals surface area contributed by atoms with Gasteiger partial charge in [0, 0.05) is 41.2 Å². The number of carbonyl (C=O) groups is 2. The van der Waals surface area contributed by atoms with Crippen LogP contribution in [0.25, 0.3) is 0 Å². The number of rotatable bonds is 14. The lowest BCUT2D eigenvalue weighted by molar-refractivity contribution is -0.613. The van der Waals surface area contributed by atoms with Crippen molar-refractivity contribution in [2.45, 2.75) is 106 Å². The van der Waals surface area contributed by atoms with Crippen molar-refractivity contribution in [2.24, 2.45) is 0 Å². The van der Waals surface area contributed by atoms with Crippen LogP contribution < -0.4 is 24.0 Å². The fourth-order valence-corrected chi connectivity index (χ4v) is 7.16. The third-order valence-electron chi connectivity index (χ3n) is 10.7. The van der Waals surface area contributed by atoms with E-state index in [-0.39, 0.29) is 44.4 Å². The first-order valence-electron chi connectivity index (χ1n) is 22.9. The van der Waals surface area contributed by atoms with Gasteiger partial charge in [0.15, 0.2) is 11.9 Å². The molecule has 374 valence electrons. The lowest BCUT2D eigenvalue weighted by Crippen LogP contribution is -2.38. The van der Waals surface area contributed by atoms with Gasteiger partial charge in [-0.05, 0) is 138 Å². The van der Waals surface area contributed by atoms with Crippen LogP contribution >= 0.6 is 0 Å². The molecular formula is C56H56N8O9. The van der Waals surface area contributed by atoms with Gasteiger partial charge in [-0.3, -0.25) is 14.8 Å². The van der Waals surface area contributed by atoms with Gasteiger partial charge >= 0.3 is 12.2 Å². The van der Waals surface area contributed by atoms with Crippen molar-refractivity contribution in [3.05, 3.63) is 182 Å². The molecule has 2 aromatic heterocycles. The first-order valence-corrected chi connectivity index (χ1v) is 22.9. The Morgan fingerprint density at radius 2 is 1.03 bits per heavy atom. The fraction of sp³-hybridized carbons (Fsp3) is 0.286. The van der Waals surface area contributed by atoms with E-state index >= 15 is 0 Å². The van der Waals surface area contributed by atoms with E-state index in [4.69, 9.17) is 40.0 Å². The van der Waals surface area contributed by atoms with Gasteiger partial charge in [0.05, 0.1) is 78.5 Å². The Morgan fingerprint density at radius 3 is 1.44 bits per heavy atom. The van der Waals surface area contributed by atoms with Gasteiger partial charge in [-0.2, -0.15) is 25.8 Å². The Balaban J connectivity index is 0.000000271. The topological polar surface area (TPSA) is 253 Å². The zero-order valence-corrected chi connectivity index (χ0v) is 42.0. The molecule has 0 radical (unpaired) electrons. The maximum absolute atomic E-state index is 13.2. The summed E-state index contributed by atoms with van der Waals surface area (Å²) in [5.74, 6) is 0.614. The molecule has 6 rings (SSSR count). The molecule has 0 atom stereocenters. The van der Waals surface area contributed by atoms with E-state index in [1.165, 1.54) is 16.0 Å². The summed E-state index contributed by atoms with van der Waals surface area (Å²) < 4.78 is 23.8. The van der Waals surface area contributed by atoms with Crippen molar-refractivity contribution in [1.29, 1.82) is 21.0 Å². The summed E-state index contributed by atoms with van der Waals surface area (Å²) >= 11 is 0. The van der Waals surface area contributed by atoms with Gasteiger partial charge in [0.25, 0.3) is 0 Å². The van der Waals surface area contributed by atoms with Gasteiger partial charge in [-0.25, -0.2) is 9.59 Å². The van der Waals surface area contributed by atoms with E-state index in [9.17, 15) is 25.0 Å². The maximum Gasteiger partial charge on any atom is 0.415 e. The second-order valence-electron chi connectivity index (χ2n) is 18.5. The van der Waals surface area contributed by atoms with E-state index in [2.05, 4.69) is 23.2 Å². The van der Waals surface area contributed by atoms with E-state index in [1.54, 1.807) is 153 Å². The minimum Gasteiger partial charge on any atom is -0.618 e. The summed E-state index contributed by atoms with van der Waals surface area (Å²) in [6, 6.07) is 35.2. The third kappa shape index (κ3) is 15.2. The molecule has 2 heterocycles. The number of hydrogen-bond acceptors (Lipinski definition) is 14. The molecule has 0 unspecified atom stereocenters. The molecule has 2 N–H and O–H groups in total. The van der Waals surface area contributed by atoms with Gasteiger partial charge in [-0.15, -0.1) is 0 Å². The number of aliphatic hydroxyl groups is 2. The predicted octanol–water partition coefficient (Wildman–Crippen LogP) is 9.53. The molecule has 4 aromatic carbocycles. The minimum atomic E-state index is -0.778. The lowest BCUT2D eigenvalue weighted by Gasteiger charge is -2.28. The molecule has 2 amide bonds. The number of nitrogens with zero attached hydrogens (tertiary/aromatic N) is 8.